The van der Waals surface area contributed by atoms with E-state index >= 15 is 0 Å². The normalized spacial score (nSPS) is 24.8. The smallest absolute Gasteiger partial charge is 0.0635 e. The van der Waals surface area contributed by atoms with Crippen molar-refractivity contribution in [2.24, 2.45) is 5.41 Å². The van der Waals surface area contributed by atoms with Gasteiger partial charge in [-0.15, -0.1) is 0 Å². The van der Waals surface area contributed by atoms with E-state index in [0.717, 1.165) is 0 Å². The van der Waals surface area contributed by atoms with Crippen LogP contribution in [0.15, 0.2) is 24.3 Å². The summed E-state index contributed by atoms with van der Waals surface area (Å²) in [6.45, 7) is 3.82. The lowest BCUT2D eigenvalue weighted by Gasteiger charge is -2.22. The van der Waals surface area contributed by atoms with E-state index in [1.165, 1.54) is 0 Å². The molecule has 0 radical (unpaired) electrons. The summed E-state index contributed by atoms with van der Waals surface area (Å²) in [6, 6.07) is 0. The summed E-state index contributed by atoms with van der Waals surface area (Å²) in [7, 11) is 0. The second kappa shape index (κ2) is 1.99. The fraction of sp³-hybridized carbons (Fsp3) is 0.500. The molecule has 0 spiro atoms. The van der Waals surface area contributed by atoms with Gasteiger partial charge < -0.3 is 5.11 Å². The van der Waals surface area contributed by atoms with Crippen molar-refractivity contribution in [1.82, 2.24) is 0 Å². The summed E-state index contributed by atoms with van der Waals surface area (Å²) >= 11 is 0. The van der Waals surface area contributed by atoms with Gasteiger partial charge in [0, 0.05) is 5.41 Å². The SMILES string of the molecule is CC(O)C1(C)C=CC=C1. The zero-order valence-electron chi connectivity index (χ0n) is 5.83. The first kappa shape index (κ1) is 6.56. The van der Waals surface area contributed by atoms with Gasteiger partial charge in [0.25, 0.3) is 0 Å². The Labute approximate surface area is 55.7 Å². The van der Waals surface area contributed by atoms with E-state index in [1.54, 1.807) is 6.92 Å². The van der Waals surface area contributed by atoms with Crippen LogP contribution in [0.3, 0.4) is 0 Å². The first-order valence-corrected chi connectivity index (χ1v) is 3.20. The molecule has 1 atom stereocenters. The van der Waals surface area contributed by atoms with E-state index in [4.69, 9.17) is 0 Å². The number of hydrogen-bond acceptors (Lipinski definition) is 1. The van der Waals surface area contributed by atoms with Crippen LogP contribution in [-0.4, -0.2) is 11.2 Å². The predicted octanol–water partition coefficient (Wildman–Crippen LogP) is 1.50. The van der Waals surface area contributed by atoms with Crippen molar-refractivity contribution in [2.45, 2.75) is 20.0 Å². The summed E-state index contributed by atoms with van der Waals surface area (Å²) in [4.78, 5) is 0. The van der Waals surface area contributed by atoms with Gasteiger partial charge in [0.15, 0.2) is 0 Å². The molecule has 0 aromatic heterocycles. The second-order valence-electron chi connectivity index (χ2n) is 2.76. The molecule has 0 saturated heterocycles. The highest BCUT2D eigenvalue weighted by molar-refractivity contribution is 5.24. The van der Waals surface area contributed by atoms with Crippen LogP contribution in [0.4, 0.5) is 0 Å². The summed E-state index contributed by atoms with van der Waals surface area (Å²) in [5.74, 6) is 0. The van der Waals surface area contributed by atoms with Crippen molar-refractivity contribution in [3.63, 3.8) is 0 Å². The van der Waals surface area contributed by atoms with Gasteiger partial charge in [-0.1, -0.05) is 31.2 Å². The largest absolute Gasteiger partial charge is 0.392 e. The maximum absolute atomic E-state index is 9.21. The fourth-order valence-corrected chi connectivity index (χ4v) is 0.860. The summed E-state index contributed by atoms with van der Waals surface area (Å²) in [5.41, 5.74) is -0.111. The Kier molecular flexibility index (Phi) is 1.45. The number of rotatable bonds is 1. The molecule has 0 aromatic carbocycles. The lowest BCUT2D eigenvalue weighted by Crippen LogP contribution is -2.23. The first-order chi connectivity index (χ1) is 4.15. The van der Waals surface area contributed by atoms with Gasteiger partial charge in [0.2, 0.25) is 0 Å². The van der Waals surface area contributed by atoms with Gasteiger partial charge in [-0.25, -0.2) is 0 Å². The number of aliphatic hydroxyl groups is 1. The van der Waals surface area contributed by atoms with Gasteiger partial charge in [0.05, 0.1) is 6.10 Å². The lowest BCUT2D eigenvalue weighted by atomic mass is 9.87. The molecule has 0 saturated carbocycles. The van der Waals surface area contributed by atoms with Crippen molar-refractivity contribution >= 4 is 0 Å². The molecule has 0 heterocycles. The minimum Gasteiger partial charge on any atom is -0.392 e. The van der Waals surface area contributed by atoms with Crippen LogP contribution in [0.2, 0.25) is 0 Å². The molecule has 1 N–H and O–H groups in total. The van der Waals surface area contributed by atoms with Gasteiger partial charge in [0.1, 0.15) is 0 Å². The Morgan fingerprint density at radius 1 is 1.33 bits per heavy atom. The highest BCUT2D eigenvalue weighted by atomic mass is 16.3. The fourth-order valence-electron chi connectivity index (χ4n) is 0.860. The summed E-state index contributed by atoms with van der Waals surface area (Å²) in [6.07, 6.45) is 7.67. The Bertz CT molecular complexity index is 142. The number of hydrogen-bond donors (Lipinski definition) is 1. The highest BCUT2D eigenvalue weighted by Crippen LogP contribution is 2.28. The Morgan fingerprint density at radius 3 is 2.00 bits per heavy atom. The molecule has 0 amide bonds. The van der Waals surface area contributed by atoms with E-state index in [1.807, 2.05) is 31.2 Å². The Balaban J connectivity index is 2.75. The molecule has 0 aliphatic heterocycles. The molecule has 1 nitrogen and oxygen atoms in total. The molecule has 0 aromatic rings. The predicted molar refractivity (Wildman–Crippen MR) is 38.1 cm³/mol. The van der Waals surface area contributed by atoms with Crippen molar-refractivity contribution < 1.29 is 5.11 Å². The topological polar surface area (TPSA) is 20.2 Å². The summed E-state index contributed by atoms with van der Waals surface area (Å²) < 4.78 is 0. The lowest BCUT2D eigenvalue weighted by molar-refractivity contribution is 0.119. The van der Waals surface area contributed by atoms with E-state index in [9.17, 15) is 5.11 Å². The van der Waals surface area contributed by atoms with Gasteiger partial charge in [-0.2, -0.15) is 0 Å². The van der Waals surface area contributed by atoms with Crippen LogP contribution in [0.25, 0.3) is 0 Å². The van der Waals surface area contributed by atoms with Crippen LogP contribution in [0.1, 0.15) is 13.8 Å². The third-order valence-electron chi connectivity index (χ3n) is 1.92. The highest BCUT2D eigenvalue weighted by Gasteiger charge is 2.24. The zero-order valence-corrected chi connectivity index (χ0v) is 5.83. The second-order valence-corrected chi connectivity index (χ2v) is 2.76. The van der Waals surface area contributed by atoms with Gasteiger partial charge in [-0.3, -0.25) is 0 Å². The van der Waals surface area contributed by atoms with Gasteiger partial charge in [-0.05, 0) is 6.92 Å². The van der Waals surface area contributed by atoms with E-state index < -0.39 is 0 Å². The standard InChI is InChI=1S/C8H12O/c1-7(9)8(2)5-3-4-6-8/h3-7,9H,1-2H3. The molecule has 0 bridgehead atoms. The third kappa shape index (κ3) is 1.06. The maximum Gasteiger partial charge on any atom is 0.0635 e. The van der Waals surface area contributed by atoms with Crippen molar-refractivity contribution in [3.05, 3.63) is 24.3 Å². The molecule has 9 heavy (non-hydrogen) atoms. The van der Waals surface area contributed by atoms with E-state index in [-0.39, 0.29) is 11.5 Å². The molecule has 1 aliphatic rings. The molecule has 0 fully saturated rings. The van der Waals surface area contributed by atoms with Crippen LogP contribution in [0.5, 0.6) is 0 Å². The summed E-state index contributed by atoms with van der Waals surface area (Å²) in [5, 5.41) is 9.21. The Morgan fingerprint density at radius 2 is 1.78 bits per heavy atom. The van der Waals surface area contributed by atoms with Crippen molar-refractivity contribution in [2.75, 3.05) is 0 Å². The average molecular weight is 124 g/mol. The number of aliphatic hydroxyl groups excluding tert-OH is 1. The van der Waals surface area contributed by atoms with Crippen molar-refractivity contribution in [1.29, 1.82) is 0 Å². The van der Waals surface area contributed by atoms with Crippen LogP contribution in [0, 0.1) is 5.41 Å². The molecule has 1 heteroatoms. The van der Waals surface area contributed by atoms with E-state index in [2.05, 4.69) is 0 Å². The van der Waals surface area contributed by atoms with E-state index in [0.29, 0.717) is 0 Å². The van der Waals surface area contributed by atoms with Gasteiger partial charge >= 0.3 is 0 Å². The molecule has 1 rings (SSSR count). The zero-order chi connectivity index (χ0) is 6.91. The number of allylic oxidation sites excluding steroid dienone is 2. The average Bonchev–Trinajstić information content (AvgIpc) is 2.16. The van der Waals surface area contributed by atoms with Crippen LogP contribution < -0.4 is 0 Å². The molecule has 50 valence electrons. The van der Waals surface area contributed by atoms with Crippen LogP contribution >= 0.6 is 0 Å². The van der Waals surface area contributed by atoms with Crippen LogP contribution in [-0.2, 0) is 0 Å². The monoisotopic (exact) mass is 124 g/mol. The maximum atomic E-state index is 9.21. The quantitative estimate of drug-likeness (QED) is 0.561. The molecule has 1 unspecified atom stereocenters. The first-order valence-electron chi connectivity index (χ1n) is 3.20. The minimum atomic E-state index is -0.285. The molecular formula is C8H12O. The van der Waals surface area contributed by atoms with Crippen molar-refractivity contribution in [3.8, 4) is 0 Å². The minimum absolute atomic E-state index is 0.111. The Hall–Kier alpha value is -0.560. The molecular weight excluding hydrogens is 112 g/mol. The third-order valence-corrected chi connectivity index (χ3v) is 1.92. The molecule has 1 aliphatic carbocycles.